The lowest BCUT2D eigenvalue weighted by molar-refractivity contribution is 0.269. The van der Waals surface area contributed by atoms with Gasteiger partial charge in [-0.25, -0.2) is 4.39 Å². The van der Waals surface area contributed by atoms with Crippen LogP contribution in [0.15, 0.2) is 65.7 Å². The summed E-state index contributed by atoms with van der Waals surface area (Å²) in [4.78, 5) is 4.48. The fourth-order valence-corrected chi connectivity index (χ4v) is 3.02. The summed E-state index contributed by atoms with van der Waals surface area (Å²) in [5.74, 6) is 1.49. The topological polar surface area (TPSA) is 40.0 Å². The predicted octanol–water partition coefficient (Wildman–Crippen LogP) is 6.61. The van der Waals surface area contributed by atoms with Crippen LogP contribution in [0.25, 0.3) is 0 Å². The highest BCUT2D eigenvalue weighted by molar-refractivity contribution is 6.32. The van der Waals surface area contributed by atoms with Crippen molar-refractivity contribution in [3.63, 3.8) is 0 Å². The molecule has 0 saturated heterocycles. The predicted molar refractivity (Wildman–Crippen MR) is 118 cm³/mol. The summed E-state index contributed by atoms with van der Waals surface area (Å²) in [6, 6.07) is 17.2. The molecule has 0 unspecified atom stereocenters. The molecule has 0 radical (unpaired) electrons. The summed E-state index contributed by atoms with van der Waals surface area (Å²) < 4.78 is 30.1. The molecule has 30 heavy (non-hydrogen) atoms. The molecule has 0 amide bonds. The minimum Gasteiger partial charge on any atom is -0.494 e. The molecule has 0 bridgehead atoms. The number of nitrogens with zero attached hydrogens (tertiary/aromatic N) is 1. The van der Waals surface area contributed by atoms with E-state index in [2.05, 4.69) is 4.99 Å². The Kier molecular flexibility index (Phi) is 7.69. The molecule has 0 saturated carbocycles. The summed E-state index contributed by atoms with van der Waals surface area (Å²) >= 11 is 6.46. The van der Waals surface area contributed by atoms with Crippen molar-refractivity contribution in [3.05, 3.63) is 82.6 Å². The Morgan fingerprint density at radius 2 is 1.60 bits per heavy atom. The maximum absolute atomic E-state index is 13.1. The van der Waals surface area contributed by atoms with Crippen LogP contribution >= 0.6 is 11.6 Å². The first-order chi connectivity index (χ1) is 14.6. The van der Waals surface area contributed by atoms with Crippen LogP contribution in [-0.2, 0) is 6.61 Å². The molecule has 0 aliphatic rings. The van der Waals surface area contributed by atoms with Crippen molar-refractivity contribution in [3.8, 4) is 17.2 Å². The summed E-state index contributed by atoms with van der Waals surface area (Å²) in [6.45, 7) is 5.16. The zero-order valence-electron chi connectivity index (χ0n) is 16.9. The van der Waals surface area contributed by atoms with Gasteiger partial charge in [-0.3, -0.25) is 4.99 Å². The molecule has 6 heteroatoms. The van der Waals surface area contributed by atoms with Gasteiger partial charge in [0.2, 0.25) is 0 Å². The van der Waals surface area contributed by atoms with Gasteiger partial charge in [-0.2, -0.15) is 0 Å². The van der Waals surface area contributed by atoms with Gasteiger partial charge in [-0.1, -0.05) is 23.7 Å². The van der Waals surface area contributed by atoms with Crippen molar-refractivity contribution in [1.29, 1.82) is 0 Å². The van der Waals surface area contributed by atoms with E-state index in [1.54, 1.807) is 24.4 Å². The second-order valence-corrected chi connectivity index (χ2v) is 6.77. The van der Waals surface area contributed by atoms with Crippen LogP contribution in [-0.4, -0.2) is 19.4 Å². The Morgan fingerprint density at radius 1 is 0.900 bits per heavy atom. The molecule has 3 aromatic carbocycles. The van der Waals surface area contributed by atoms with Gasteiger partial charge in [0.05, 0.1) is 23.9 Å². The van der Waals surface area contributed by atoms with Gasteiger partial charge in [0, 0.05) is 6.21 Å². The third-order valence-electron chi connectivity index (χ3n) is 4.14. The van der Waals surface area contributed by atoms with E-state index in [1.165, 1.54) is 12.1 Å². The first-order valence-electron chi connectivity index (χ1n) is 9.69. The minimum atomic E-state index is -0.289. The SMILES string of the molecule is CCOc1ccc(N=Cc2cc(Cl)c(OCc3ccc(F)cc3)c(OCC)c2)cc1. The monoisotopic (exact) mass is 427 g/mol. The van der Waals surface area contributed by atoms with E-state index in [0.29, 0.717) is 29.7 Å². The molecule has 0 atom stereocenters. The number of aliphatic imine (C=N–C) groups is 1. The quantitative estimate of drug-likeness (QED) is 0.361. The Hall–Kier alpha value is -3.05. The lowest BCUT2D eigenvalue weighted by atomic mass is 10.2. The standard InChI is InChI=1S/C24H23ClFNO3/c1-3-28-21-11-9-20(10-12-21)27-15-18-13-22(25)24(23(14-18)29-4-2)30-16-17-5-7-19(26)8-6-17/h5-15H,3-4,16H2,1-2H3. The molecule has 3 rings (SSSR count). The number of hydrogen-bond acceptors (Lipinski definition) is 4. The van der Waals surface area contributed by atoms with Gasteiger partial charge in [0.25, 0.3) is 0 Å². The second kappa shape index (κ2) is 10.6. The van der Waals surface area contributed by atoms with Crippen molar-refractivity contribution in [1.82, 2.24) is 0 Å². The Morgan fingerprint density at radius 3 is 2.27 bits per heavy atom. The average molecular weight is 428 g/mol. The van der Waals surface area contributed by atoms with Crippen LogP contribution in [0, 0.1) is 5.82 Å². The molecule has 0 heterocycles. The zero-order chi connectivity index (χ0) is 21.3. The highest BCUT2D eigenvalue weighted by atomic mass is 35.5. The van der Waals surface area contributed by atoms with E-state index >= 15 is 0 Å². The van der Waals surface area contributed by atoms with E-state index in [0.717, 1.165) is 22.6 Å². The number of ether oxygens (including phenoxy) is 3. The van der Waals surface area contributed by atoms with Crippen LogP contribution in [0.2, 0.25) is 5.02 Å². The molecule has 0 N–H and O–H groups in total. The van der Waals surface area contributed by atoms with E-state index < -0.39 is 0 Å². The summed E-state index contributed by atoms with van der Waals surface area (Å²) in [6.07, 6.45) is 1.72. The second-order valence-electron chi connectivity index (χ2n) is 6.36. The lowest BCUT2D eigenvalue weighted by Gasteiger charge is -2.14. The van der Waals surface area contributed by atoms with Crippen molar-refractivity contribution in [2.24, 2.45) is 4.99 Å². The van der Waals surface area contributed by atoms with Crippen molar-refractivity contribution in [2.45, 2.75) is 20.5 Å². The number of rotatable bonds is 9. The van der Waals surface area contributed by atoms with Crippen LogP contribution in [0.1, 0.15) is 25.0 Å². The van der Waals surface area contributed by atoms with Crippen molar-refractivity contribution >= 4 is 23.5 Å². The van der Waals surface area contributed by atoms with Crippen molar-refractivity contribution in [2.75, 3.05) is 13.2 Å². The summed E-state index contributed by atoms with van der Waals surface area (Å²) in [5.41, 5.74) is 2.41. The Labute approximate surface area is 180 Å². The largest absolute Gasteiger partial charge is 0.494 e. The van der Waals surface area contributed by atoms with Crippen LogP contribution in [0.4, 0.5) is 10.1 Å². The van der Waals surface area contributed by atoms with Gasteiger partial charge in [-0.15, -0.1) is 0 Å². The number of benzene rings is 3. The third-order valence-corrected chi connectivity index (χ3v) is 4.42. The van der Waals surface area contributed by atoms with Gasteiger partial charge in [0.15, 0.2) is 11.5 Å². The third kappa shape index (κ3) is 5.97. The van der Waals surface area contributed by atoms with Crippen molar-refractivity contribution < 1.29 is 18.6 Å². The molecular weight excluding hydrogens is 405 g/mol. The Bertz CT molecular complexity index is 989. The maximum atomic E-state index is 13.1. The molecule has 4 nitrogen and oxygen atoms in total. The van der Waals surface area contributed by atoms with Crippen LogP contribution in [0.5, 0.6) is 17.2 Å². The van der Waals surface area contributed by atoms with Gasteiger partial charge in [0.1, 0.15) is 18.2 Å². The summed E-state index contributed by atoms with van der Waals surface area (Å²) in [5, 5.41) is 0.413. The molecule has 0 aliphatic carbocycles. The number of hydrogen-bond donors (Lipinski definition) is 0. The molecule has 3 aromatic rings. The molecular formula is C24H23ClFNO3. The highest BCUT2D eigenvalue weighted by Crippen LogP contribution is 2.37. The summed E-state index contributed by atoms with van der Waals surface area (Å²) in [7, 11) is 0. The van der Waals surface area contributed by atoms with Gasteiger partial charge >= 0.3 is 0 Å². The first-order valence-corrected chi connectivity index (χ1v) is 10.1. The van der Waals surface area contributed by atoms with Crippen LogP contribution in [0.3, 0.4) is 0 Å². The van der Waals surface area contributed by atoms with E-state index in [1.807, 2.05) is 44.2 Å². The smallest absolute Gasteiger partial charge is 0.180 e. The van der Waals surface area contributed by atoms with E-state index in [-0.39, 0.29) is 12.4 Å². The molecule has 156 valence electrons. The highest BCUT2D eigenvalue weighted by Gasteiger charge is 2.12. The zero-order valence-corrected chi connectivity index (χ0v) is 17.7. The number of halogens is 2. The first kappa shape index (κ1) is 21.7. The van der Waals surface area contributed by atoms with E-state index in [4.69, 9.17) is 25.8 Å². The normalized spacial score (nSPS) is 10.9. The molecule has 0 fully saturated rings. The Balaban J connectivity index is 1.76. The molecule has 0 spiro atoms. The lowest BCUT2D eigenvalue weighted by Crippen LogP contribution is -2.01. The fourth-order valence-electron chi connectivity index (χ4n) is 2.75. The van der Waals surface area contributed by atoms with Crippen LogP contribution < -0.4 is 14.2 Å². The van der Waals surface area contributed by atoms with Gasteiger partial charge < -0.3 is 14.2 Å². The average Bonchev–Trinajstić information content (AvgIpc) is 2.74. The fraction of sp³-hybridized carbons (Fsp3) is 0.208. The van der Waals surface area contributed by atoms with Gasteiger partial charge in [-0.05, 0) is 73.5 Å². The molecule has 0 aliphatic heterocycles. The maximum Gasteiger partial charge on any atom is 0.180 e. The minimum absolute atomic E-state index is 0.250. The van der Waals surface area contributed by atoms with E-state index in [9.17, 15) is 4.39 Å². The molecule has 0 aromatic heterocycles.